The Morgan fingerprint density at radius 3 is 2.67 bits per heavy atom. The Kier molecular flexibility index (Phi) is 2.26. The van der Waals surface area contributed by atoms with Crippen molar-refractivity contribution in [2.75, 3.05) is 0 Å². The molecule has 0 saturated heterocycles. The average molecular weight is 210 g/mol. The first-order valence-corrected chi connectivity index (χ1v) is 4.96. The maximum atomic E-state index is 11.1. The summed E-state index contributed by atoms with van der Waals surface area (Å²) < 4.78 is 1.56. The molecule has 1 heterocycles. The molecule has 2 rings (SSSR count). The largest absolute Gasteiger partial charge is 0.481 e. The van der Waals surface area contributed by atoms with Crippen molar-refractivity contribution in [2.45, 2.75) is 25.4 Å². The highest BCUT2D eigenvalue weighted by Gasteiger charge is 2.51. The maximum absolute atomic E-state index is 11.1. The van der Waals surface area contributed by atoms with Gasteiger partial charge in [-0.05, 0) is 12.8 Å². The van der Waals surface area contributed by atoms with E-state index in [2.05, 4.69) is 5.10 Å². The number of rotatable bonds is 3. The molecule has 1 unspecified atom stereocenters. The second kappa shape index (κ2) is 3.34. The first-order valence-electron chi connectivity index (χ1n) is 4.96. The third-order valence-corrected chi connectivity index (χ3v) is 3.24. The zero-order chi connectivity index (χ0) is 11.1. The van der Waals surface area contributed by atoms with Crippen LogP contribution in [0.25, 0.3) is 0 Å². The van der Waals surface area contributed by atoms with Crippen LogP contribution in [-0.4, -0.2) is 26.0 Å². The highest BCUT2D eigenvalue weighted by molar-refractivity contribution is 5.76. The molecule has 0 spiro atoms. The van der Waals surface area contributed by atoms with Gasteiger partial charge in [0.05, 0.1) is 17.7 Å². The monoisotopic (exact) mass is 210 g/mol. The maximum Gasteiger partial charge on any atom is 0.312 e. The minimum Gasteiger partial charge on any atom is -0.481 e. The van der Waals surface area contributed by atoms with Crippen molar-refractivity contribution < 1.29 is 15.0 Å². The summed E-state index contributed by atoms with van der Waals surface area (Å²) in [5, 5.41) is 23.1. The summed E-state index contributed by atoms with van der Waals surface area (Å²) >= 11 is 0. The lowest BCUT2D eigenvalue weighted by molar-refractivity contribution is -0.166. The van der Waals surface area contributed by atoms with E-state index >= 15 is 0 Å². The molecule has 5 heteroatoms. The fourth-order valence-electron chi connectivity index (χ4n) is 2.06. The molecular weight excluding hydrogens is 196 g/mol. The predicted octanol–water partition coefficient (Wildman–Crippen LogP) is 0.708. The lowest BCUT2D eigenvalue weighted by Crippen LogP contribution is -2.43. The summed E-state index contributed by atoms with van der Waals surface area (Å²) in [5.41, 5.74) is -0.400. The standard InChI is InChI=1S/C10H14N2O3/c1-12-6-7(5-11-12)8(13)10(9(14)15)3-2-4-10/h5-6,8,13H,2-4H2,1H3,(H,14,15). The Morgan fingerprint density at radius 2 is 2.33 bits per heavy atom. The van der Waals surface area contributed by atoms with Crippen LogP contribution in [0, 0.1) is 5.41 Å². The topological polar surface area (TPSA) is 75.4 Å². The highest BCUT2D eigenvalue weighted by atomic mass is 16.4. The van der Waals surface area contributed by atoms with Crippen molar-refractivity contribution in [1.82, 2.24) is 9.78 Å². The first-order chi connectivity index (χ1) is 7.06. The summed E-state index contributed by atoms with van der Waals surface area (Å²) in [6.07, 6.45) is 4.18. The van der Waals surface area contributed by atoms with E-state index in [1.165, 1.54) is 6.20 Å². The summed E-state index contributed by atoms with van der Waals surface area (Å²) in [5.74, 6) is -0.912. The predicted molar refractivity (Wildman–Crippen MR) is 52.1 cm³/mol. The number of aliphatic hydroxyl groups is 1. The summed E-state index contributed by atoms with van der Waals surface area (Å²) in [7, 11) is 1.74. The van der Waals surface area contributed by atoms with Gasteiger partial charge < -0.3 is 10.2 Å². The van der Waals surface area contributed by atoms with Crippen molar-refractivity contribution in [2.24, 2.45) is 12.5 Å². The molecule has 1 aromatic rings. The SMILES string of the molecule is Cn1cc(C(O)C2(C(=O)O)CCC2)cn1. The minimum absolute atomic E-state index is 0.540. The van der Waals surface area contributed by atoms with Crippen LogP contribution in [0.5, 0.6) is 0 Å². The molecule has 1 saturated carbocycles. The zero-order valence-corrected chi connectivity index (χ0v) is 8.55. The van der Waals surface area contributed by atoms with Gasteiger partial charge in [-0.25, -0.2) is 0 Å². The van der Waals surface area contributed by atoms with E-state index in [4.69, 9.17) is 5.11 Å². The van der Waals surface area contributed by atoms with Crippen molar-refractivity contribution in [3.63, 3.8) is 0 Å². The number of aliphatic hydroxyl groups excluding tert-OH is 1. The summed E-state index contributed by atoms with van der Waals surface area (Å²) in [4.78, 5) is 11.1. The number of hydrogen-bond acceptors (Lipinski definition) is 3. The molecule has 0 radical (unpaired) electrons. The van der Waals surface area contributed by atoms with Gasteiger partial charge in [0.25, 0.3) is 0 Å². The van der Waals surface area contributed by atoms with Crippen LogP contribution in [0.2, 0.25) is 0 Å². The first kappa shape index (κ1) is 10.2. The molecule has 1 atom stereocenters. The number of aromatic nitrogens is 2. The number of aryl methyl sites for hydroxylation is 1. The average Bonchev–Trinajstić information content (AvgIpc) is 2.48. The fraction of sp³-hybridized carbons (Fsp3) is 0.600. The Labute approximate surface area is 87.3 Å². The highest BCUT2D eigenvalue weighted by Crippen LogP contribution is 2.50. The van der Waals surface area contributed by atoms with E-state index in [1.807, 2.05) is 0 Å². The van der Waals surface area contributed by atoms with E-state index in [0.717, 1.165) is 6.42 Å². The molecule has 0 aromatic carbocycles. The third kappa shape index (κ3) is 1.43. The van der Waals surface area contributed by atoms with Gasteiger partial charge in [0, 0.05) is 18.8 Å². The van der Waals surface area contributed by atoms with Gasteiger partial charge in [-0.2, -0.15) is 5.10 Å². The molecule has 82 valence electrons. The van der Waals surface area contributed by atoms with Gasteiger partial charge >= 0.3 is 5.97 Å². The van der Waals surface area contributed by atoms with E-state index in [1.54, 1.807) is 17.9 Å². The van der Waals surface area contributed by atoms with Crippen molar-refractivity contribution >= 4 is 5.97 Å². The van der Waals surface area contributed by atoms with Gasteiger partial charge in [0.2, 0.25) is 0 Å². The van der Waals surface area contributed by atoms with Crippen LogP contribution in [0.3, 0.4) is 0 Å². The molecule has 1 aliphatic rings. The molecule has 5 nitrogen and oxygen atoms in total. The Bertz CT molecular complexity index is 382. The Balaban J connectivity index is 2.26. The van der Waals surface area contributed by atoms with E-state index in [0.29, 0.717) is 18.4 Å². The van der Waals surface area contributed by atoms with Crippen molar-refractivity contribution in [3.05, 3.63) is 18.0 Å². The van der Waals surface area contributed by atoms with Gasteiger partial charge in [-0.15, -0.1) is 0 Å². The minimum atomic E-state index is -0.983. The molecule has 1 aromatic heterocycles. The number of aliphatic carboxylic acids is 1. The van der Waals surface area contributed by atoms with Gasteiger partial charge in [0.1, 0.15) is 0 Å². The molecule has 0 aliphatic heterocycles. The van der Waals surface area contributed by atoms with Crippen LogP contribution in [0.4, 0.5) is 0 Å². The van der Waals surface area contributed by atoms with Gasteiger partial charge in [-0.1, -0.05) is 6.42 Å². The van der Waals surface area contributed by atoms with E-state index in [-0.39, 0.29) is 0 Å². The molecular formula is C10H14N2O3. The number of hydrogen-bond donors (Lipinski definition) is 2. The normalized spacial score (nSPS) is 20.7. The van der Waals surface area contributed by atoms with E-state index in [9.17, 15) is 9.90 Å². The summed E-state index contributed by atoms with van der Waals surface area (Å²) in [6.45, 7) is 0. The van der Waals surface area contributed by atoms with Crippen molar-refractivity contribution in [1.29, 1.82) is 0 Å². The van der Waals surface area contributed by atoms with Crippen LogP contribution >= 0.6 is 0 Å². The summed E-state index contributed by atoms with van der Waals surface area (Å²) in [6, 6.07) is 0. The molecule has 1 aliphatic carbocycles. The Hall–Kier alpha value is -1.36. The van der Waals surface area contributed by atoms with Crippen LogP contribution in [0.15, 0.2) is 12.4 Å². The molecule has 2 N–H and O–H groups in total. The van der Waals surface area contributed by atoms with Crippen LogP contribution < -0.4 is 0 Å². The van der Waals surface area contributed by atoms with Gasteiger partial charge in [0.15, 0.2) is 0 Å². The number of carbonyl (C=O) groups is 1. The van der Waals surface area contributed by atoms with Crippen LogP contribution in [-0.2, 0) is 11.8 Å². The van der Waals surface area contributed by atoms with Crippen LogP contribution in [0.1, 0.15) is 30.9 Å². The molecule has 15 heavy (non-hydrogen) atoms. The number of carboxylic acids is 1. The third-order valence-electron chi connectivity index (χ3n) is 3.24. The lowest BCUT2D eigenvalue weighted by Gasteiger charge is -2.41. The Morgan fingerprint density at radius 1 is 1.67 bits per heavy atom. The fourth-order valence-corrected chi connectivity index (χ4v) is 2.06. The zero-order valence-electron chi connectivity index (χ0n) is 8.55. The number of nitrogens with zero attached hydrogens (tertiary/aromatic N) is 2. The number of carboxylic acid groups (broad SMARTS) is 1. The molecule has 0 amide bonds. The molecule has 0 bridgehead atoms. The molecule has 1 fully saturated rings. The van der Waals surface area contributed by atoms with E-state index < -0.39 is 17.5 Å². The van der Waals surface area contributed by atoms with Crippen molar-refractivity contribution in [3.8, 4) is 0 Å². The second-order valence-corrected chi connectivity index (χ2v) is 4.16. The van der Waals surface area contributed by atoms with Gasteiger partial charge in [-0.3, -0.25) is 9.48 Å². The second-order valence-electron chi connectivity index (χ2n) is 4.16. The lowest BCUT2D eigenvalue weighted by atomic mass is 9.64. The quantitative estimate of drug-likeness (QED) is 0.770. The smallest absolute Gasteiger partial charge is 0.312 e.